The average Bonchev–Trinajstić information content (AvgIpc) is 2.81. The van der Waals surface area contributed by atoms with Crippen LogP contribution in [0, 0.1) is 13.8 Å². The molecule has 0 saturated carbocycles. The number of nitrogens with one attached hydrogen (secondary N) is 1. The monoisotopic (exact) mass is 223 g/mol. The van der Waals surface area contributed by atoms with E-state index in [1.165, 1.54) is 27.9 Å². The van der Waals surface area contributed by atoms with Crippen LogP contribution in [0.2, 0.25) is 0 Å². The highest BCUT2D eigenvalue weighted by Gasteiger charge is 2.24. The first kappa shape index (κ1) is 10.4. The van der Waals surface area contributed by atoms with Crippen molar-refractivity contribution in [1.29, 1.82) is 0 Å². The molecule has 17 heavy (non-hydrogen) atoms. The number of aryl methyl sites for hydroxylation is 2. The molecule has 0 radical (unpaired) electrons. The second kappa shape index (κ2) is 3.92. The van der Waals surface area contributed by atoms with E-state index in [1.807, 2.05) is 0 Å². The third-order valence-electron chi connectivity index (χ3n) is 3.68. The second-order valence-electron chi connectivity index (χ2n) is 4.86. The van der Waals surface area contributed by atoms with Gasteiger partial charge < -0.3 is 5.32 Å². The van der Waals surface area contributed by atoms with Crippen molar-refractivity contribution in [3.8, 4) is 0 Å². The Bertz CT molecular complexity index is 512. The molecule has 0 fully saturated rings. The van der Waals surface area contributed by atoms with Crippen LogP contribution in [0.5, 0.6) is 0 Å². The maximum atomic E-state index is 3.66. The zero-order valence-corrected chi connectivity index (χ0v) is 10.3. The summed E-state index contributed by atoms with van der Waals surface area (Å²) in [4.78, 5) is 0. The maximum Gasteiger partial charge on any atom is 0.0555 e. The van der Waals surface area contributed by atoms with Crippen molar-refractivity contribution in [2.75, 3.05) is 5.32 Å². The fraction of sp³-hybridized carbons (Fsp3) is 0.250. The van der Waals surface area contributed by atoms with Crippen LogP contribution >= 0.6 is 0 Å². The van der Waals surface area contributed by atoms with Gasteiger partial charge in [0.15, 0.2) is 0 Å². The molecular formula is C16H17N. The minimum Gasteiger partial charge on any atom is -0.377 e. The van der Waals surface area contributed by atoms with Gasteiger partial charge in [0.1, 0.15) is 0 Å². The molecule has 1 atom stereocenters. The van der Waals surface area contributed by atoms with Crippen molar-refractivity contribution in [2.45, 2.75) is 26.3 Å². The molecule has 1 aliphatic rings. The van der Waals surface area contributed by atoms with Crippen molar-refractivity contribution in [1.82, 2.24) is 0 Å². The molecule has 2 aromatic rings. The van der Waals surface area contributed by atoms with E-state index in [9.17, 15) is 0 Å². The first-order chi connectivity index (χ1) is 8.25. The Labute approximate surface area is 102 Å². The summed E-state index contributed by atoms with van der Waals surface area (Å²) < 4.78 is 0. The van der Waals surface area contributed by atoms with Gasteiger partial charge in [-0.05, 0) is 42.5 Å². The SMILES string of the molecule is Cc1ccc(C)c2c1CC(c1ccccc1)N2. The highest BCUT2D eigenvalue weighted by molar-refractivity contribution is 5.65. The number of rotatable bonds is 1. The zero-order valence-electron chi connectivity index (χ0n) is 10.3. The number of benzene rings is 2. The minimum absolute atomic E-state index is 0.436. The van der Waals surface area contributed by atoms with Gasteiger partial charge >= 0.3 is 0 Å². The van der Waals surface area contributed by atoms with Gasteiger partial charge in [-0.3, -0.25) is 0 Å². The lowest BCUT2D eigenvalue weighted by Crippen LogP contribution is -2.05. The van der Waals surface area contributed by atoms with Gasteiger partial charge in [0.2, 0.25) is 0 Å². The summed E-state index contributed by atoms with van der Waals surface area (Å²) in [5.74, 6) is 0. The van der Waals surface area contributed by atoms with E-state index < -0.39 is 0 Å². The van der Waals surface area contributed by atoms with E-state index in [2.05, 4.69) is 61.6 Å². The molecule has 1 unspecified atom stereocenters. The summed E-state index contributed by atoms with van der Waals surface area (Å²) in [5, 5.41) is 3.66. The first-order valence-electron chi connectivity index (χ1n) is 6.16. The number of fused-ring (bicyclic) bond motifs is 1. The van der Waals surface area contributed by atoms with Crippen LogP contribution < -0.4 is 5.32 Å². The molecule has 0 aromatic heterocycles. The Hall–Kier alpha value is -1.76. The third kappa shape index (κ3) is 1.72. The molecule has 0 aliphatic carbocycles. The van der Waals surface area contributed by atoms with Crippen molar-refractivity contribution < 1.29 is 0 Å². The molecule has 1 aliphatic heterocycles. The van der Waals surface area contributed by atoms with Gasteiger partial charge in [0.05, 0.1) is 6.04 Å². The summed E-state index contributed by atoms with van der Waals surface area (Å²) in [6, 6.07) is 15.6. The smallest absolute Gasteiger partial charge is 0.0555 e. The van der Waals surface area contributed by atoms with E-state index in [0.29, 0.717) is 6.04 Å². The van der Waals surface area contributed by atoms with E-state index in [4.69, 9.17) is 0 Å². The average molecular weight is 223 g/mol. The minimum atomic E-state index is 0.436. The molecule has 1 heteroatoms. The lowest BCUT2D eigenvalue weighted by atomic mass is 9.99. The summed E-state index contributed by atoms with van der Waals surface area (Å²) in [6.45, 7) is 4.38. The molecule has 0 amide bonds. The predicted octanol–water partition coefficient (Wildman–Crippen LogP) is 4.01. The number of hydrogen-bond acceptors (Lipinski definition) is 1. The number of hydrogen-bond donors (Lipinski definition) is 1. The lowest BCUT2D eigenvalue weighted by Gasteiger charge is -2.12. The predicted molar refractivity (Wildman–Crippen MR) is 72.4 cm³/mol. The topological polar surface area (TPSA) is 12.0 Å². The molecule has 0 bridgehead atoms. The molecule has 0 saturated heterocycles. The van der Waals surface area contributed by atoms with E-state index in [1.54, 1.807) is 0 Å². The van der Waals surface area contributed by atoms with E-state index in [-0.39, 0.29) is 0 Å². The molecule has 1 N–H and O–H groups in total. The fourth-order valence-electron chi connectivity index (χ4n) is 2.65. The van der Waals surface area contributed by atoms with Crippen LogP contribution in [0.15, 0.2) is 42.5 Å². The van der Waals surface area contributed by atoms with Crippen molar-refractivity contribution in [3.05, 3.63) is 64.7 Å². The maximum absolute atomic E-state index is 3.66. The van der Waals surface area contributed by atoms with Crippen LogP contribution in [-0.4, -0.2) is 0 Å². The van der Waals surface area contributed by atoms with Gasteiger partial charge in [-0.15, -0.1) is 0 Å². The molecule has 2 aromatic carbocycles. The van der Waals surface area contributed by atoms with Gasteiger partial charge in [0.25, 0.3) is 0 Å². The zero-order chi connectivity index (χ0) is 11.8. The Balaban J connectivity index is 1.98. The lowest BCUT2D eigenvalue weighted by molar-refractivity contribution is 0.821. The molecular weight excluding hydrogens is 206 g/mol. The van der Waals surface area contributed by atoms with Gasteiger partial charge in [-0.1, -0.05) is 42.5 Å². The quantitative estimate of drug-likeness (QED) is 0.770. The van der Waals surface area contributed by atoms with Crippen molar-refractivity contribution in [3.63, 3.8) is 0 Å². The van der Waals surface area contributed by atoms with Crippen LogP contribution in [-0.2, 0) is 6.42 Å². The van der Waals surface area contributed by atoms with E-state index >= 15 is 0 Å². The van der Waals surface area contributed by atoms with E-state index in [0.717, 1.165) is 6.42 Å². The van der Waals surface area contributed by atoms with Crippen LogP contribution in [0.4, 0.5) is 5.69 Å². The van der Waals surface area contributed by atoms with Crippen LogP contribution in [0.3, 0.4) is 0 Å². The molecule has 1 nitrogen and oxygen atoms in total. The normalized spacial score (nSPS) is 17.6. The summed E-state index contributed by atoms with van der Waals surface area (Å²) in [6.07, 6.45) is 1.10. The third-order valence-corrected chi connectivity index (χ3v) is 3.68. The van der Waals surface area contributed by atoms with Crippen molar-refractivity contribution >= 4 is 5.69 Å². The number of anilines is 1. The summed E-state index contributed by atoms with van der Waals surface area (Å²) in [7, 11) is 0. The van der Waals surface area contributed by atoms with Crippen LogP contribution in [0.25, 0.3) is 0 Å². The standard InChI is InChI=1S/C16H17N/c1-11-8-9-12(2)16-14(11)10-15(17-16)13-6-4-3-5-7-13/h3-9,15,17H,10H2,1-2H3. The highest BCUT2D eigenvalue weighted by atomic mass is 15.0. The van der Waals surface area contributed by atoms with Gasteiger partial charge in [0, 0.05) is 5.69 Å². The second-order valence-corrected chi connectivity index (χ2v) is 4.86. The molecule has 0 spiro atoms. The Morgan fingerprint density at radius 1 is 0.941 bits per heavy atom. The van der Waals surface area contributed by atoms with Gasteiger partial charge in [-0.2, -0.15) is 0 Å². The summed E-state index contributed by atoms with van der Waals surface area (Å²) >= 11 is 0. The highest BCUT2D eigenvalue weighted by Crippen LogP contribution is 2.37. The van der Waals surface area contributed by atoms with Crippen molar-refractivity contribution in [2.24, 2.45) is 0 Å². The fourth-order valence-corrected chi connectivity index (χ4v) is 2.65. The first-order valence-corrected chi connectivity index (χ1v) is 6.16. The molecule has 86 valence electrons. The van der Waals surface area contributed by atoms with Gasteiger partial charge in [-0.25, -0.2) is 0 Å². The Morgan fingerprint density at radius 3 is 2.35 bits per heavy atom. The Kier molecular flexibility index (Phi) is 2.40. The largest absolute Gasteiger partial charge is 0.377 e. The summed E-state index contributed by atoms with van der Waals surface area (Å²) in [5.41, 5.74) is 6.96. The Morgan fingerprint density at radius 2 is 1.65 bits per heavy atom. The van der Waals surface area contributed by atoms with Crippen LogP contribution in [0.1, 0.15) is 28.3 Å². The molecule has 3 rings (SSSR count). The molecule has 1 heterocycles.